The molecule has 0 saturated heterocycles. The van der Waals surface area contributed by atoms with Gasteiger partial charge < -0.3 is 14.8 Å². The quantitative estimate of drug-likeness (QED) is 0.842. The topological polar surface area (TPSA) is 47.6 Å². The Labute approximate surface area is 108 Å². The summed E-state index contributed by atoms with van der Waals surface area (Å²) in [6.07, 6.45) is 0.443. The molecule has 4 nitrogen and oxygen atoms in total. The molecule has 0 spiro atoms. The molecule has 0 fully saturated rings. The number of rotatable bonds is 6. The summed E-state index contributed by atoms with van der Waals surface area (Å²) in [7, 11) is 5.10. The molecule has 1 aromatic rings. The van der Waals surface area contributed by atoms with Crippen LogP contribution in [0.5, 0.6) is 11.5 Å². The maximum atomic E-state index is 11.3. The Morgan fingerprint density at radius 3 is 2.44 bits per heavy atom. The van der Waals surface area contributed by atoms with Crippen LogP contribution in [0, 0.1) is 6.92 Å². The first kappa shape index (κ1) is 14.5. The van der Waals surface area contributed by atoms with Crippen molar-refractivity contribution in [3.8, 4) is 11.5 Å². The zero-order valence-corrected chi connectivity index (χ0v) is 11.7. The maximum Gasteiger partial charge on any atom is 0.131 e. The van der Waals surface area contributed by atoms with Crippen molar-refractivity contribution < 1.29 is 14.3 Å². The van der Waals surface area contributed by atoms with Gasteiger partial charge in [-0.2, -0.15) is 0 Å². The van der Waals surface area contributed by atoms with Gasteiger partial charge in [0.05, 0.1) is 14.2 Å². The van der Waals surface area contributed by atoms with E-state index in [1.54, 1.807) is 21.1 Å². The smallest absolute Gasteiger partial charge is 0.131 e. The molecule has 0 aliphatic carbocycles. The van der Waals surface area contributed by atoms with Gasteiger partial charge in [0.15, 0.2) is 0 Å². The predicted molar refractivity (Wildman–Crippen MR) is 71.4 cm³/mol. The van der Waals surface area contributed by atoms with Crippen molar-refractivity contribution in [2.45, 2.75) is 26.3 Å². The summed E-state index contributed by atoms with van der Waals surface area (Å²) < 4.78 is 10.7. The van der Waals surface area contributed by atoms with Crippen molar-refractivity contribution in [3.05, 3.63) is 23.3 Å². The van der Waals surface area contributed by atoms with Gasteiger partial charge in [-0.15, -0.1) is 0 Å². The summed E-state index contributed by atoms with van der Waals surface area (Å²) in [5.74, 6) is 1.70. The number of carbonyl (C=O) groups is 1. The highest BCUT2D eigenvalue weighted by Crippen LogP contribution is 2.35. The maximum absolute atomic E-state index is 11.3. The van der Waals surface area contributed by atoms with Gasteiger partial charge in [0.2, 0.25) is 0 Å². The number of Topliss-reactive ketones (excluding diaryl/α,β-unsaturated/α-hetero) is 1. The van der Waals surface area contributed by atoms with Crippen LogP contribution in [0.15, 0.2) is 12.1 Å². The van der Waals surface area contributed by atoms with E-state index in [2.05, 4.69) is 5.32 Å². The SMILES string of the molecule is CNC(CC(C)=O)c1ccc(OC)c(C)c1OC. The van der Waals surface area contributed by atoms with E-state index >= 15 is 0 Å². The van der Waals surface area contributed by atoms with E-state index in [4.69, 9.17) is 9.47 Å². The number of nitrogens with one attached hydrogen (secondary N) is 1. The van der Waals surface area contributed by atoms with E-state index < -0.39 is 0 Å². The zero-order chi connectivity index (χ0) is 13.7. The Kier molecular flexibility index (Phi) is 5.16. The van der Waals surface area contributed by atoms with E-state index in [1.165, 1.54) is 0 Å². The van der Waals surface area contributed by atoms with Gasteiger partial charge in [-0.1, -0.05) is 6.07 Å². The molecule has 1 unspecified atom stereocenters. The van der Waals surface area contributed by atoms with Crippen LogP contribution >= 0.6 is 0 Å². The van der Waals surface area contributed by atoms with Gasteiger partial charge in [0.25, 0.3) is 0 Å². The first-order valence-electron chi connectivity index (χ1n) is 5.93. The molecule has 100 valence electrons. The second kappa shape index (κ2) is 6.40. The van der Waals surface area contributed by atoms with Gasteiger partial charge in [-0.05, 0) is 27.0 Å². The van der Waals surface area contributed by atoms with Crippen LogP contribution in [0.3, 0.4) is 0 Å². The average molecular weight is 251 g/mol. The normalized spacial score (nSPS) is 12.1. The Bertz CT molecular complexity index is 429. The lowest BCUT2D eigenvalue weighted by Gasteiger charge is -2.21. The van der Waals surface area contributed by atoms with Crippen LogP contribution in [-0.2, 0) is 4.79 Å². The van der Waals surface area contributed by atoms with E-state index in [9.17, 15) is 4.79 Å². The lowest BCUT2D eigenvalue weighted by atomic mass is 9.98. The van der Waals surface area contributed by atoms with Crippen LogP contribution in [0.2, 0.25) is 0 Å². The van der Waals surface area contributed by atoms with E-state index in [0.717, 1.165) is 22.6 Å². The molecule has 18 heavy (non-hydrogen) atoms. The number of ether oxygens (including phenoxy) is 2. The van der Waals surface area contributed by atoms with Crippen molar-refractivity contribution in [1.82, 2.24) is 5.32 Å². The van der Waals surface area contributed by atoms with Crippen molar-refractivity contribution in [1.29, 1.82) is 0 Å². The highest BCUT2D eigenvalue weighted by Gasteiger charge is 2.19. The third kappa shape index (κ3) is 3.01. The van der Waals surface area contributed by atoms with Crippen LogP contribution in [0.4, 0.5) is 0 Å². The first-order chi connectivity index (χ1) is 8.54. The minimum Gasteiger partial charge on any atom is -0.496 e. The number of hydrogen-bond donors (Lipinski definition) is 1. The number of benzene rings is 1. The second-order valence-electron chi connectivity index (χ2n) is 4.26. The lowest BCUT2D eigenvalue weighted by molar-refractivity contribution is -0.117. The van der Waals surface area contributed by atoms with Gasteiger partial charge in [-0.3, -0.25) is 4.79 Å². The molecule has 0 radical (unpaired) electrons. The van der Waals surface area contributed by atoms with E-state index in [1.807, 2.05) is 26.1 Å². The van der Waals surface area contributed by atoms with Crippen molar-refractivity contribution >= 4 is 5.78 Å². The van der Waals surface area contributed by atoms with Gasteiger partial charge in [0, 0.05) is 23.6 Å². The fraction of sp³-hybridized carbons (Fsp3) is 0.500. The Balaban J connectivity index is 3.22. The zero-order valence-electron chi connectivity index (χ0n) is 11.7. The minimum atomic E-state index is -0.0398. The molecule has 0 aliphatic rings. The van der Waals surface area contributed by atoms with Crippen LogP contribution < -0.4 is 14.8 Å². The summed E-state index contributed by atoms with van der Waals surface area (Å²) in [5, 5.41) is 3.15. The predicted octanol–water partition coefficient (Wildman–Crippen LogP) is 2.25. The number of methoxy groups -OCH3 is 2. The van der Waals surface area contributed by atoms with E-state index in [-0.39, 0.29) is 11.8 Å². The van der Waals surface area contributed by atoms with Gasteiger partial charge >= 0.3 is 0 Å². The lowest BCUT2D eigenvalue weighted by Crippen LogP contribution is -2.20. The fourth-order valence-corrected chi connectivity index (χ4v) is 2.12. The van der Waals surface area contributed by atoms with Crippen molar-refractivity contribution in [3.63, 3.8) is 0 Å². The summed E-state index contributed by atoms with van der Waals surface area (Å²) in [6.45, 7) is 3.54. The monoisotopic (exact) mass is 251 g/mol. The molecule has 1 N–H and O–H groups in total. The largest absolute Gasteiger partial charge is 0.496 e. The fourth-order valence-electron chi connectivity index (χ4n) is 2.12. The second-order valence-corrected chi connectivity index (χ2v) is 4.26. The molecule has 1 atom stereocenters. The van der Waals surface area contributed by atoms with Crippen LogP contribution in [0.25, 0.3) is 0 Å². The molecule has 0 saturated carbocycles. The standard InChI is InChI=1S/C14H21NO3/c1-9(16)8-12(15-3)11-6-7-13(17-4)10(2)14(11)18-5/h6-7,12,15H,8H2,1-5H3. The number of hydrogen-bond acceptors (Lipinski definition) is 4. The molecule has 1 rings (SSSR count). The molecule has 0 bridgehead atoms. The van der Waals surface area contributed by atoms with Gasteiger partial charge in [0.1, 0.15) is 17.3 Å². The molecule has 0 heterocycles. The number of ketones is 1. The number of carbonyl (C=O) groups excluding carboxylic acids is 1. The summed E-state index contributed by atoms with van der Waals surface area (Å²) in [5.41, 5.74) is 1.93. The molecule has 0 amide bonds. The third-order valence-corrected chi connectivity index (χ3v) is 3.03. The molecule has 0 aliphatic heterocycles. The highest BCUT2D eigenvalue weighted by atomic mass is 16.5. The Morgan fingerprint density at radius 2 is 2.00 bits per heavy atom. The molecular formula is C14H21NO3. The van der Waals surface area contributed by atoms with Gasteiger partial charge in [-0.25, -0.2) is 0 Å². The highest BCUT2D eigenvalue weighted by molar-refractivity contribution is 5.76. The molecule has 4 heteroatoms. The van der Waals surface area contributed by atoms with Crippen LogP contribution in [-0.4, -0.2) is 27.1 Å². The third-order valence-electron chi connectivity index (χ3n) is 3.03. The minimum absolute atomic E-state index is 0.0398. The average Bonchev–Trinajstić information content (AvgIpc) is 2.35. The van der Waals surface area contributed by atoms with E-state index in [0.29, 0.717) is 6.42 Å². The van der Waals surface area contributed by atoms with Crippen LogP contribution in [0.1, 0.15) is 30.5 Å². The first-order valence-corrected chi connectivity index (χ1v) is 5.93. The summed E-state index contributed by atoms with van der Waals surface area (Å²) >= 11 is 0. The molecule has 1 aromatic carbocycles. The summed E-state index contributed by atoms with van der Waals surface area (Å²) in [6, 6.07) is 3.80. The Hall–Kier alpha value is -1.55. The van der Waals surface area contributed by atoms with Crippen molar-refractivity contribution in [2.75, 3.05) is 21.3 Å². The summed E-state index contributed by atoms with van der Waals surface area (Å²) in [4.78, 5) is 11.3. The van der Waals surface area contributed by atoms with Crippen molar-refractivity contribution in [2.24, 2.45) is 0 Å². The molecular weight excluding hydrogens is 230 g/mol. The molecule has 0 aromatic heterocycles. The Morgan fingerprint density at radius 1 is 1.33 bits per heavy atom.